The van der Waals surface area contributed by atoms with Crippen molar-refractivity contribution in [3.05, 3.63) is 77.3 Å². The van der Waals surface area contributed by atoms with Crippen LogP contribution in [0.1, 0.15) is 22.8 Å². The van der Waals surface area contributed by atoms with Crippen LogP contribution in [0.25, 0.3) is 0 Å². The number of carbonyl (C=O) groups excluding carboxylic acids is 1. The standard InChI is InChI=1S/C19H20ClN5O2/c1-13(24-18(26)16-8-7-15(20)9-17(16)21)19(27,10-25-12-22-11-23-25)14-5-3-2-4-6-14/h2-9,11-13,27H,10,21H2,1H3,(H,24,26)/t13-,19-/m0/s1. The number of amides is 1. The largest absolute Gasteiger partial charge is 0.398 e. The van der Waals surface area contributed by atoms with Gasteiger partial charge in [-0.1, -0.05) is 41.9 Å². The van der Waals surface area contributed by atoms with Gasteiger partial charge in [0.25, 0.3) is 5.91 Å². The number of anilines is 1. The first-order valence-electron chi connectivity index (χ1n) is 8.36. The molecule has 1 aromatic heterocycles. The van der Waals surface area contributed by atoms with Crippen LogP contribution in [-0.4, -0.2) is 31.8 Å². The zero-order chi connectivity index (χ0) is 19.4. The number of benzene rings is 2. The number of nitrogens with zero attached hydrogens (tertiary/aromatic N) is 3. The molecule has 4 N–H and O–H groups in total. The second-order valence-electron chi connectivity index (χ2n) is 6.31. The second kappa shape index (κ2) is 7.77. The minimum Gasteiger partial charge on any atom is -0.398 e. The summed E-state index contributed by atoms with van der Waals surface area (Å²) in [6.07, 6.45) is 2.91. The molecule has 0 aliphatic rings. The lowest BCUT2D eigenvalue weighted by molar-refractivity contribution is -0.0156. The molecule has 0 saturated heterocycles. The van der Waals surface area contributed by atoms with Crippen molar-refractivity contribution in [2.45, 2.75) is 25.1 Å². The quantitative estimate of drug-likeness (QED) is 0.564. The molecular weight excluding hydrogens is 366 g/mol. The Morgan fingerprint density at radius 2 is 2.07 bits per heavy atom. The van der Waals surface area contributed by atoms with Crippen LogP contribution in [0, 0.1) is 0 Å². The highest BCUT2D eigenvalue weighted by Crippen LogP contribution is 2.28. The number of hydrogen-bond acceptors (Lipinski definition) is 5. The maximum Gasteiger partial charge on any atom is 0.253 e. The predicted molar refractivity (Wildman–Crippen MR) is 103 cm³/mol. The highest BCUT2D eigenvalue weighted by molar-refractivity contribution is 6.31. The molecule has 7 nitrogen and oxygen atoms in total. The highest BCUT2D eigenvalue weighted by Gasteiger charge is 2.38. The van der Waals surface area contributed by atoms with Crippen molar-refractivity contribution in [2.75, 3.05) is 5.73 Å². The molecule has 27 heavy (non-hydrogen) atoms. The summed E-state index contributed by atoms with van der Waals surface area (Å²) in [5.41, 5.74) is 5.70. The fraction of sp³-hybridized carbons (Fsp3) is 0.211. The fourth-order valence-corrected chi connectivity index (χ4v) is 3.08. The molecule has 0 bridgehead atoms. The van der Waals surface area contributed by atoms with E-state index in [0.29, 0.717) is 16.1 Å². The Bertz CT molecular complexity index is 917. The summed E-state index contributed by atoms with van der Waals surface area (Å²) in [6, 6.07) is 13.1. The van der Waals surface area contributed by atoms with Crippen molar-refractivity contribution in [2.24, 2.45) is 0 Å². The molecule has 0 saturated carbocycles. The van der Waals surface area contributed by atoms with Gasteiger partial charge in [0.1, 0.15) is 18.3 Å². The van der Waals surface area contributed by atoms with Crippen molar-refractivity contribution >= 4 is 23.2 Å². The van der Waals surface area contributed by atoms with E-state index in [2.05, 4.69) is 15.4 Å². The minimum absolute atomic E-state index is 0.120. The topological polar surface area (TPSA) is 106 Å². The van der Waals surface area contributed by atoms with Crippen molar-refractivity contribution in [1.82, 2.24) is 20.1 Å². The molecule has 2 atom stereocenters. The third-order valence-corrected chi connectivity index (χ3v) is 4.70. The van der Waals surface area contributed by atoms with Gasteiger partial charge in [-0.25, -0.2) is 9.67 Å². The molecule has 0 radical (unpaired) electrons. The summed E-state index contributed by atoms with van der Waals surface area (Å²) >= 11 is 5.89. The number of rotatable bonds is 6. The molecule has 2 aromatic carbocycles. The summed E-state index contributed by atoms with van der Waals surface area (Å²) in [7, 11) is 0. The van der Waals surface area contributed by atoms with Gasteiger partial charge >= 0.3 is 0 Å². The Kier molecular flexibility index (Phi) is 5.43. The third kappa shape index (κ3) is 4.10. The summed E-state index contributed by atoms with van der Waals surface area (Å²) in [4.78, 5) is 16.6. The number of nitrogens with one attached hydrogen (secondary N) is 1. The van der Waals surface area contributed by atoms with Gasteiger partial charge in [0.15, 0.2) is 0 Å². The molecule has 140 valence electrons. The maximum absolute atomic E-state index is 12.7. The fourth-order valence-electron chi connectivity index (χ4n) is 2.90. The van der Waals surface area contributed by atoms with Crippen molar-refractivity contribution in [3.63, 3.8) is 0 Å². The van der Waals surface area contributed by atoms with E-state index in [-0.39, 0.29) is 12.2 Å². The van der Waals surface area contributed by atoms with Crippen molar-refractivity contribution in [3.8, 4) is 0 Å². The number of halogens is 1. The van der Waals surface area contributed by atoms with Gasteiger partial charge in [-0.3, -0.25) is 4.79 Å². The van der Waals surface area contributed by atoms with Crippen LogP contribution in [0.4, 0.5) is 5.69 Å². The number of nitrogens with two attached hydrogens (primary N) is 1. The minimum atomic E-state index is -1.41. The SMILES string of the molecule is C[C@H](NC(=O)c1ccc(Cl)cc1N)[C@@](O)(Cn1cncn1)c1ccccc1. The van der Waals surface area contributed by atoms with Gasteiger partial charge < -0.3 is 16.2 Å². The Labute approximate surface area is 161 Å². The second-order valence-corrected chi connectivity index (χ2v) is 6.75. The van der Waals surface area contributed by atoms with Crippen LogP contribution in [0.15, 0.2) is 61.2 Å². The normalized spacial score (nSPS) is 14.3. The predicted octanol–water partition coefficient (Wildman–Crippen LogP) is 2.22. The third-order valence-electron chi connectivity index (χ3n) is 4.47. The molecule has 0 unspecified atom stereocenters. The number of carbonyl (C=O) groups is 1. The maximum atomic E-state index is 12.7. The zero-order valence-electron chi connectivity index (χ0n) is 14.7. The Hall–Kier alpha value is -2.90. The van der Waals surface area contributed by atoms with E-state index in [4.69, 9.17) is 17.3 Å². The number of aliphatic hydroxyl groups is 1. The van der Waals surface area contributed by atoms with Gasteiger partial charge in [0.2, 0.25) is 0 Å². The summed E-state index contributed by atoms with van der Waals surface area (Å²) in [5.74, 6) is -0.399. The smallest absolute Gasteiger partial charge is 0.253 e. The summed E-state index contributed by atoms with van der Waals surface area (Å²) in [6.45, 7) is 1.85. The van der Waals surface area contributed by atoms with Crippen LogP contribution >= 0.6 is 11.6 Å². The van der Waals surface area contributed by atoms with Gasteiger partial charge in [-0.15, -0.1) is 0 Å². The van der Waals surface area contributed by atoms with E-state index >= 15 is 0 Å². The van der Waals surface area contributed by atoms with E-state index in [1.807, 2.05) is 18.2 Å². The van der Waals surface area contributed by atoms with Gasteiger partial charge in [0, 0.05) is 10.7 Å². The van der Waals surface area contributed by atoms with Crippen LogP contribution in [0.5, 0.6) is 0 Å². The molecule has 8 heteroatoms. The average molecular weight is 386 g/mol. The van der Waals surface area contributed by atoms with E-state index in [1.54, 1.807) is 31.2 Å². The Morgan fingerprint density at radius 3 is 2.70 bits per heavy atom. The molecule has 0 aliphatic heterocycles. The molecule has 1 amide bonds. The molecule has 0 spiro atoms. The molecule has 3 rings (SSSR count). The van der Waals surface area contributed by atoms with Crippen LogP contribution in [0.3, 0.4) is 0 Å². The van der Waals surface area contributed by atoms with Gasteiger partial charge in [-0.05, 0) is 30.7 Å². The van der Waals surface area contributed by atoms with Gasteiger partial charge in [-0.2, -0.15) is 5.10 Å². The first-order chi connectivity index (χ1) is 12.9. The van der Waals surface area contributed by atoms with E-state index in [0.717, 1.165) is 0 Å². The molecule has 3 aromatic rings. The molecular formula is C19H20ClN5O2. The first-order valence-corrected chi connectivity index (χ1v) is 8.74. The van der Waals surface area contributed by atoms with Crippen molar-refractivity contribution in [1.29, 1.82) is 0 Å². The Balaban J connectivity index is 1.88. The zero-order valence-corrected chi connectivity index (χ0v) is 15.5. The monoisotopic (exact) mass is 385 g/mol. The molecule has 1 heterocycles. The summed E-state index contributed by atoms with van der Waals surface area (Å²) in [5, 5.41) is 18.8. The van der Waals surface area contributed by atoms with E-state index < -0.39 is 17.6 Å². The highest BCUT2D eigenvalue weighted by atomic mass is 35.5. The Morgan fingerprint density at radius 1 is 1.33 bits per heavy atom. The van der Waals surface area contributed by atoms with Crippen LogP contribution in [0.2, 0.25) is 5.02 Å². The first kappa shape index (κ1) is 18.9. The molecule has 0 fully saturated rings. The lowest BCUT2D eigenvalue weighted by Crippen LogP contribution is -2.51. The van der Waals surface area contributed by atoms with Crippen LogP contribution in [-0.2, 0) is 12.1 Å². The van der Waals surface area contributed by atoms with Gasteiger partial charge in [0.05, 0.1) is 18.2 Å². The summed E-state index contributed by atoms with van der Waals surface area (Å²) < 4.78 is 1.52. The van der Waals surface area contributed by atoms with Crippen LogP contribution < -0.4 is 11.1 Å². The lowest BCUT2D eigenvalue weighted by atomic mass is 9.86. The van der Waals surface area contributed by atoms with E-state index in [1.165, 1.54) is 23.4 Å². The number of hydrogen-bond donors (Lipinski definition) is 3. The van der Waals surface area contributed by atoms with E-state index in [9.17, 15) is 9.90 Å². The number of nitrogen functional groups attached to an aromatic ring is 1. The van der Waals surface area contributed by atoms with Crippen molar-refractivity contribution < 1.29 is 9.90 Å². The average Bonchev–Trinajstić information content (AvgIpc) is 3.15. The number of aromatic nitrogens is 3. The molecule has 0 aliphatic carbocycles. The lowest BCUT2D eigenvalue weighted by Gasteiger charge is -2.35.